The second-order valence-corrected chi connectivity index (χ2v) is 4.72. The van der Waals surface area contributed by atoms with Crippen molar-refractivity contribution in [1.29, 1.82) is 0 Å². The average molecular weight is 259 g/mol. The molecule has 16 heavy (non-hydrogen) atoms. The third-order valence-electron chi connectivity index (χ3n) is 2.66. The predicted molar refractivity (Wildman–Crippen MR) is 74.3 cm³/mol. The van der Waals surface area contributed by atoms with Gasteiger partial charge >= 0.3 is 0 Å². The van der Waals surface area contributed by atoms with Crippen LogP contribution in [0.25, 0.3) is 0 Å². The second kappa shape index (κ2) is 6.41. The lowest BCUT2D eigenvalue weighted by molar-refractivity contribution is 0.333. The molecule has 0 saturated carbocycles. The number of aryl methyl sites for hydroxylation is 1. The Morgan fingerprint density at radius 2 is 2.06 bits per heavy atom. The summed E-state index contributed by atoms with van der Waals surface area (Å²) >= 11 is 10.4. The number of thiol groups is 1. The van der Waals surface area contributed by atoms with Crippen LogP contribution in [0.4, 0.5) is 0 Å². The van der Waals surface area contributed by atoms with Crippen LogP contribution >= 0.6 is 24.2 Å². The highest BCUT2D eigenvalue weighted by Crippen LogP contribution is 2.33. The summed E-state index contributed by atoms with van der Waals surface area (Å²) in [6, 6.07) is 1.98. The van der Waals surface area contributed by atoms with E-state index in [4.69, 9.17) is 16.3 Å². The second-order valence-electron chi connectivity index (χ2n) is 3.87. The summed E-state index contributed by atoms with van der Waals surface area (Å²) in [4.78, 5) is 0. The van der Waals surface area contributed by atoms with Gasteiger partial charge in [-0.3, -0.25) is 0 Å². The minimum absolute atomic E-state index is 0.690. The van der Waals surface area contributed by atoms with Crippen LogP contribution in [0.3, 0.4) is 0 Å². The van der Waals surface area contributed by atoms with Crippen LogP contribution in [0.15, 0.2) is 6.07 Å². The molecule has 0 unspecified atom stereocenters. The molecule has 0 aromatic heterocycles. The van der Waals surface area contributed by atoms with Crippen molar-refractivity contribution in [2.45, 2.75) is 33.6 Å². The summed E-state index contributed by atoms with van der Waals surface area (Å²) < 4.78 is 5.72. The number of rotatable bonds is 5. The molecule has 1 aromatic carbocycles. The van der Waals surface area contributed by atoms with Gasteiger partial charge in [-0.1, -0.05) is 11.6 Å². The Balaban J connectivity index is 3.16. The van der Waals surface area contributed by atoms with E-state index in [1.165, 1.54) is 5.56 Å². The number of halogens is 1. The highest BCUT2D eigenvalue weighted by atomic mass is 35.5. The van der Waals surface area contributed by atoms with E-state index in [2.05, 4.69) is 19.6 Å². The molecule has 0 fully saturated rings. The van der Waals surface area contributed by atoms with E-state index in [1.54, 1.807) is 0 Å². The molecule has 0 spiro atoms. The lowest BCUT2D eigenvalue weighted by Crippen LogP contribution is -2.02. The zero-order valence-corrected chi connectivity index (χ0v) is 11.8. The van der Waals surface area contributed by atoms with Crippen molar-refractivity contribution in [2.24, 2.45) is 0 Å². The van der Waals surface area contributed by atoms with Gasteiger partial charge in [0, 0.05) is 5.02 Å². The Hall–Kier alpha value is -0.340. The first-order chi connectivity index (χ1) is 7.61. The molecule has 3 heteroatoms. The zero-order chi connectivity index (χ0) is 12.1. The molecular formula is C13H19ClOS. The molecule has 1 rings (SSSR count). The maximum Gasteiger partial charge on any atom is 0.125 e. The summed E-state index contributed by atoms with van der Waals surface area (Å²) in [6.07, 6.45) is 2.02. The average Bonchev–Trinajstić information content (AvgIpc) is 2.25. The third kappa shape index (κ3) is 3.08. The predicted octanol–water partition coefficient (Wildman–Crippen LogP) is 4.22. The topological polar surface area (TPSA) is 9.23 Å². The lowest BCUT2D eigenvalue weighted by Gasteiger charge is -2.16. The lowest BCUT2D eigenvalue weighted by atomic mass is 10.00. The van der Waals surface area contributed by atoms with Crippen molar-refractivity contribution < 1.29 is 4.74 Å². The number of ether oxygens (including phenoxy) is 1. The molecule has 1 nitrogen and oxygen atoms in total. The van der Waals surface area contributed by atoms with Gasteiger partial charge in [-0.15, -0.1) is 0 Å². The first-order valence-corrected chi connectivity index (χ1v) is 6.65. The fourth-order valence-electron chi connectivity index (χ4n) is 1.82. The molecule has 0 bridgehead atoms. The van der Waals surface area contributed by atoms with Crippen molar-refractivity contribution in [1.82, 2.24) is 0 Å². The number of hydrogen-bond acceptors (Lipinski definition) is 2. The van der Waals surface area contributed by atoms with E-state index in [0.29, 0.717) is 6.61 Å². The van der Waals surface area contributed by atoms with Crippen LogP contribution in [0.1, 0.15) is 30.0 Å². The largest absolute Gasteiger partial charge is 0.493 e. The highest BCUT2D eigenvalue weighted by Gasteiger charge is 2.13. The molecule has 0 radical (unpaired) electrons. The van der Waals surface area contributed by atoms with E-state index in [0.717, 1.165) is 40.5 Å². The molecule has 0 aliphatic carbocycles. The van der Waals surface area contributed by atoms with Crippen LogP contribution < -0.4 is 4.74 Å². The van der Waals surface area contributed by atoms with Gasteiger partial charge in [0.05, 0.1) is 6.61 Å². The molecular weight excluding hydrogens is 240 g/mol. The van der Waals surface area contributed by atoms with E-state index in [9.17, 15) is 0 Å². The van der Waals surface area contributed by atoms with Crippen LogP contribution in [0, 0.1) is 13.8 Å². The van der Waals surface area contributed by atoms with Crippen LogP contribution in [-0.2, 0) is 6.42 Å². The Morgan fingerprint density at radius 3 is 2.62 bits per heavy atom. The molecule has 0 aliphatic heterocycles. The number of benzene rings is 1. The first kappa shape index (κ1) is 13.7. The monoisotopic (exact) mass is 258 g/mol. The normalized spacial score (nSPS) is 10.6. The van der Waals surface area contributed by atoms with Crippen molar-refractivity contribution in [3.63, 3.8) is 0 Å². The maximum atomic E-state index is 6.20. The summed E-state index contributed by atoms with van der Waals surface area (Å²) in [5.41, 5.74) is 3.49. The molecule has 0 atom stereocenters. The van der Waals surface area contributed by atoms with Crippen LogP contribution in [-0.4, -0.2) is 12.4 Å². The van der Waals surface area contributed by atoms with Crippen LogP contribution in [0.5, 0.6) is 5.75 Å². The van der Waals surface area contributed by atoms with Crippen molar-refractivity contribution in [3.05, 3.63) is 27.8 Å². The van der Waals surface area contributed by atoms with Gasteiger partial charge < -0.3 is 4.74 Å². The summed E-state index contributed by atoms with van der Waals surface area (Å²) in [5, 5.41) is 0.829. The smallest absolute Gasteiger partial charge is 0.125 e. The minimum atomic E-state index is 0.690. The molecule has 0 heterocycles. The van der Waals surface area contributed by atoms with Gasteiger partial charge in [0.25, 0.3) is 0 Å². The summed E-state index contributed by atoms with van der Waals surface area (Å²) in [7, 11) is 0. The Bertz CT molecular complexity index is 363. The molecule has 0 N–H and O–H groups in total. The Kier molecular flexibility index (Phi) is 5.50. The van der Waals surface area contributed by atoms with Gasteiger partial charge in [-0.05, 0) is 62.1 Å². The van der Waals surface area contributed by atoms with Gasteiger partial charge in [0.2, 0.25) is 0 Å². The molecule has 1 aromatic rings. The quantitative estimate of drug-likeness (QED) is 0.778. The first-order valence-electron chi connectivity index (χ1n) is 5.64. The van der Waals surface area contributed by atoms with E-state index >= 15 is 0 Å². The summed E-state index contributed by atoms with van der Waals surface area (Å²) in [6.45, 7) is 6.79. The van der Waals surface area contributed by atoms with E-state index in [1.807, 2.05) is 19.9 Å². The van der Waals surface area contributed by atoms with Gasteiger partial charge in [0.1, 0.15) is 5.75 Å². The van der Waals surface area contributed by atoms with E-state index in [-0.39, 0.29) is 0 Å². The van der Waals surface area contributed by atoms with Crippen LogP contribution in [0.2, 0.25) is 5.02 Å². The fraction of sp³-hybridized carbons (Fsp3) is 0.538. The molecule has 0 saturated heterocycles. The van der Waals surface area contributed by atoms with Gasteiger partial charge in [-0.25, -0.2) is 0 Å². The van der Waals surface area contributed by atoms with Gasteiger partial charge in [-0.2, -0.15) is 12.6 Å². The highest BCUT2D eigenvalue weighted by molar-refractivity contribution is 7.80. The fourth-order valence-corrected chi connectivity index (χ4v) is 2.25. The maximum absolute atomic E-state index is 6.20. The molecule has 0 aliphatic rings. The standard InChI is InChI=1S/C13H19ClOS/c1-4-15-13-9(2)8-12(14)10(3)11(13)6-5-7-16/h8,16H,4-7H2,1-3H3. The SMILES string of the molecule is CCOc1c(C)cc(Cl)c(C)c1CCCS. The number of hydrogen-bond donors (Lipinski definition) is 1. The molecule has 90 valence electrons. The summed E-state index contributed by atoms with van der Waals surface area (Å²) in [5.74, 6) is 1.89. The van der Waals surface area contributed by atoms with Crippen molar-refractivity contribution >= 4 is 24.2 Å². The minimum Gasteiger partial charge on any atom is -0.493 e. The zero-order valence-electron chi connectivity index (χ0n) is 10.1. The Morgan fingerprint density at radius 1 is 1.38 bits per heavy atom. The Labute approximate surface area is 109 Å². The third-order valence-corrected chi connectivity index (χ3v) is 3.37. The van der Waals surface area contributed by atoms with Crippen molar-refractivity contribution in [3.8, 4) is 5.75 Å². The van der Waals surface area contributed by atoms with E-state index < -0.39 is 0 Å². The van der Waals surface area contributed by atoms with Gasteiger partial charge in [0.15, 0.2) is 0 Å². The van der Waals surface area contributed by atoms with Crippen molar-refractivity contribution in [2.75, 3.05) is 12.4 Å². The molecule has 0 amide bonds.